The molecule has 4 nitrogen and oxygen atoms in total. The van der Waals surface area contributed by atoms with Gasteiger partial charge < -0.3 is 19.2 Å². The summed E-state index contributed by atoms with van der Waals surface area (Å²) < 4.78 is 16.4. The van der Waals surface area contributed by atoms with Gasteiger partial charge in [-0.15, -0.1) is 0 Å². The maximum atomic E-state index is 5.65. The molecule has 0 radical (unpaired) electrons. The first-order chi connectivity index (χ1) is 9.81. The van der Waals surface area contributed by atoms with Gasteiger partial charge in [-0.1, -0.05) is 19.1 Å². The van der Waals surface area contributed by atoms with E-state index in [0.717, 1.165) is 35.9 Å². The van der Waals surface area contributed by atoms with Crippen LogP contribution in [-0.4, -0.2) is 13.7 Å². The van der Waals surface area contributed by atoms with Crippen LogP contribution in [0.4, 0.5) is 0 Å². The fourth-order valence-electron chi connectivity index (χ4n) is 1.83. The van der Waals surface area contributed by atoms with Crippen molar-refractivity contribution in [3.05, 3.63) is 53.5 Å². The van der Waals surface area contributed by atoms with Crippen LogP contribution < -0.4 is 10.1 Å². The lowest BCUT2D eigenvalue weighted by Gasteiger charge is -2.04. The fraction of sp³-hybridized carbons (Fsp3) is 0.375. The summed E-state index contributed by atoms with van der Waals surface area (Å²) in [5, 5.41) is 3.22. The predicted molar refractivity (Wildman–Crippen MR) is 77.6 cm³/mol. The molecular formula is C16H21NO3. The number of nitrogens with one attached hydrogen (secondary N) is 1. The van der Waals surface area contributed by atoms with E-state index in [-0.39, 0.29) is 0 Å². The number of hydrogen-bond donors (Lipinski definition) is 1. The molecule has 108 valence electrons. The summed E-state index contributed by atoms with van der Waals surface area (Å²) in [7, 11) is 1.66. The Labute approximate surface area is 119 Å². The van der Waals surface area contributed by atoms with Crippen molar-refractivity contribution in [2.75, 3.05) is 13.7 Å². The molecule has 0 bridgehead atoms. The second kappa shape index (κ2) is 7.72. The largest absolute Gasteiger partial charge is 0.497 e. The number of methoxy groups -OCH3 is 1. The Morgan fingerprint density at radius 2 is 1.75 bits per heavy atom. The van der Waals surface area contributed by atoms with Gasteiger partial charge in [0, 0.05) is 0 Å². The summed E-state index contributed by atoms with van der Waals surface area (Å²) in [5.41, 5.74) is 1.12. The highest BCUT2D eigenvalue weighted by molar-refractivity contribution is 5.26. The zero-order valence-electron chi connectivity index (χ0n) is 12.0. The van der Waals surface area contributed by atoms with Gasteiger partial charge in [0.2, 0.25) is 0 Å². The summed E-state index contributed by atoms with van der Waals surface area (Å²) in [6.45, 7) is 4.81. The number of hydrogen-bond acceptors (Lipinski definition) is 4. The highest BCUT2D eigenvalue weighted by Crippen LogP contribution is 2.13. The van der Waals surface area contributed by atoms with Gasteiger partial charge in [0.05, 0.1) is 20.3 Å². The van der Waals surface area contributed by atoms with Crippen LogP contribution in [0.5, 0.6) is 5.75 Å². The Morgan fingerprint density at radius 1 is 1.00 bits per heavy atom. The van der Waals surface area contributed by atoms with Crippen molar-refractivity contribution in [2.24, 2.45) is 0 Å². The number of rotatable bonds is 8. The molecule has 0 saturated carbocycles. The van der Waals surface area contributed by atoms with Crippen LogP contribution >= 0.6 is 0 Å². The zero-order valence-corrected chi connectivity index (χ0v) is 12.0. The van der Waals surface area contributed by atoms with E-state index in [1.165, 1.54) is 0 Å². The van der Waals surface area contributed by atoms with Crippen molar-refractivity contribution in [3.8, 4) is 5.75 Å². The van der Waals surface area contributed by atoms with Crippen molar-refractivity contribution in [1.29, 1.82) is 0 Å². The molecule has 0 spiro atoms. The summed E-state index contributed by atoms with van der Waals surface area (Å²) in [4.78, 5) is 0. The topological polar surface area (TPSA) is 43.6 Å². The van der Waals surface area contributed by atoms with E-state index < -0.39 is 0 Å². The van der Waals surface area contributed by atoms with E-state index in [2.05, 4.69) is 12.2 Å². The molecule has 1 heterocycles. The first kappa shape index (κ1) is 14.6. The minimum Gasteiger partial charge on any atom is -0.497 e. The molecule has 0 fully saturated rings. The van der Waals surface area contributed by atoms with E-state index in [9.17, 15) is 0 Å². The van der Waals surface area contributed by atoms with Gasteiger partial charge in [-0.3, -0.25) is 0 Å². The lowest BCUT2D eigenvalue weighted by molar-refractivity contribution is 0.0919. The van der Waals surface area contributed by atoms with E-state index in [1.807, 2.05) is 36.4 Å². The van der Waals surface area contributed by atoms with Gasteiger partial charge in [0.25, 0.3) is 0 Å². The van der Waals surface area contributed by atoms with Gasteiger partial charge in [-0.25, -0.2) is 0 Å². The highest BCUT2D eigenvalue weighted by atomic mass is 16.5. The van der Waals surface area contributed by atoms with Crippen molar-refractivity contribution >= 4 is 0 Å². The molecule has 0 atom stereocenters. The van der Waals surface area contributed by atoms with Crippen LogP contribution in [0.1, 0.15) is 24.0 Å². The minimum absolute atomic E-state index is 0.484. The molecule has 2 rings (SSSR count). The molecule has 0 aliphatic carbocycles. The summed E-state index contributed by atoms with van der Waals surface area (Å²) in [5.74, 6) is 2.65. The molecule has 4 heteroatoms. The van der Waals surface area contributed by atoms with Gasteiger partial charge >= 0.3 is 0 Å². The smallest absolute Gasteiger partial charge is 0.129 e. The second-order valence-electron chi connectivity index (χ2n) is 4.49. The maximum Gasteiger partial charge on any atom is 0.129 e. The third-order valence-electron chi connectivity index (χ3n) is 2.94. The van der Waals surface area contributed by atoms with E-state index in [4.69, 9.17) is 13.9 Å². The molecule has 0 saturated heterocycles. The molecule has 0 aliphatic heterocycles. The van der Waals surface area contributed by atoms with Gasteiger partial charge in [-0.05, 0) is 36.4 Å². The Balaban J connectivity index is 1.75. The van der Waals surface area contributed by atoms with E-state index in [0.29, 0.717) is 13.2 Å². The standard InChI is InChI=1S/C16H21NO3/c1-3-17-10-15-8-9-16(20-15)12-19-11-13-4-6-14(18-2)7-5-13/h4-9,17H,3,10-12H2,1-2H3. The van der Waals surface area contributed by atoms with Crippen LogP contribution in [0, 0.1) is 0 Å². The van der Waals surface area contributed by atoms with Crippen molar-refractivity contribution in [3.63, 3.8) is 0 Å². The molecule has 1 aromatic carbocycles. The minimum atomic E-state index is 0.484. The number of furan rings is 1. The monoisotopic (exact) mass is 275 g/mol. The maximum absolute atomic E-state index is 5.65. The number of ether oxygens (including phenoxy) is 2. The normalized spacial score (nSPS) is 10.7. The second-order valence-corrected chi connectivity index (χ2v) is 4.49. The molecule has 0 unspecified atom stereocenters. The van der Waals surface area contributed by atoms with Gasteiger partial charge in [0.1, 0.15) is 23.9 Å². The molecule has 20 heavy (non-hydrogen) atoms. The summed E-state index contributed by atoms with van der Waals surface area (Å²) in [6.07, 6.45) is 0. The molecule has 0 aliphatic rings. The van der Waals surface area contributed by atoms with Crippen LogP contribution in [-0.2, 0) is 24.5 Å². The Hall–Kier alpha value is -1.78. The van der Waals surface area contributed by atoms with Crippen molar-refractivity contribution < 1.29 is 13.9 Å². The molecular weight excluding hydrogens is 254 g/mol. The Morgan fingerprint density at radius 3 is 2.45 bits per heavy atom. The van der Waals surface area contributed by atoms with Crippen LogP contribution in [0.2, 0.25) is 0 Å². The van der Waals surface area contributed by atoms with Crippen LogP contribution in [0.15, 0.2) is 40.8 Å². The summed E-state index contributed by atoms with van der Waals surface area (Å²) >= 11 is 0. The van der Waals surface area contributed by atoms with Gasteiger partial charge in [0.15, 0.2) is 0 Å². The molecule has 0 amide bonds. The molecule has 1 N–H and O–H groups in total. The average Bonchev–Trinajstić information content (AvgIpc) is 2.94. The van der Waals surface area contributed by atoms with Crippen LogP contribution in [0.3, 0.4) is 0 Å². The highest BCUT2D eigenvalue weighted by Gasteiger charge is 2.02. The lowest BCUT2D eigenvalue weighted by Crippen LogP contribution is -2.10. The van der Waals surface area contributed by atoms with Gasteiger partial charge in [-0.2, -0.15) is 0 Å². The first-order valence-electron chi connectivity index (χ1n) is 6.80. The van der Waals surface area contributed by atoms with E-state index in [1.54, 1.807) is 7.11 Å². The third-order valence-corrected chi connectivity index (χ3v) is 2.94. The lowest BCUT2D eigenvalue weighted by atomic mass is 10.2. The Bertz CT molecular complexity index is 505. The summed E-state index contributed by atoms with van der Waals surface area (Å²) in [6, 6.07) is 11.8. The van der Waals surface area contributed by atoms with Crippen LogP contribution in [0.25, 0.3) is 0 Å². The average molecular weight is 275 g/mol. The zero-order chi connectivity index (χ0) is 14.2. The quantitative estimate of drug-likeness (QED) is 0.804. The van der Waals surface area contributed by atoms with E-state index >= 15 is 0 Å². The fourth-order valence-corrected chi connectivity index (χ4v) is 1.83. The third kappa shape index (κ3) is 4.40. The molecule has 1 aromatic heterocycles. The SMILES string of the molecule is CCNCc1ccc(COCc2ccc(OC)cc2)o1. The number of benzene rings is 1. The van der Waals surface area contributed by atoms with Crippen molar-refractivity contribution in [2.45, 2.75) is 26.7 Å². The first-order valence-corrected chi connectivity index (χ1v) is 6.80. The van der Waals surface area contributed by atoms with Crippen molar-refractivity contribution in [1.82, 2.24) is 5.32 Å². The molecule has 2 aromatic rings. The Kier molecular flexibility index (Phi) is 5.65. The predicted octanol–water partition coefficient (Wildman–Crippen LogP) is 3.11.